The van der Waals surface area contributed by atoms with Crippen LogP contribution in [0.15, 0.2) is 36.7 Å². The summed E-state index contributed by atoms with van der Waals surface area (Å²) in [6, 6.07) is 9.78. The molecule has 2 aromatic rings. The third-order valence-electron chi connectivity index (χ3n) is 2.77. The summed E-state index contributed by atoms with van der Waals surface area (Å²) in [7, 11) is 1.63. The molecule has 2 rings (SSSR count). The Morgan fingerprint density at radius 2 is 1.89 bits per heavy atom. The van der Waals surface area contributed by atoms with Crippen LogP contribution < -0.4 is 10.1 Å². The molecule has 0 amide bonds. The second-order valence-corrected chi connectivity index (χ2v) is 4.00. The lowest BCUT2D eigenvalue weighted by Gasteiger charge is -2.15. The van der Waals surface area contributed by atoms with Gasteiger partial charge < -0.3 is 10.1 Å². The SMILES string of the molecule is COc1ccc(C(C)Nc2nccnc2C#N)cc1. The minimum atomic E-state index is 0.0229. The molecular weight excluding hydrogens is 240 g/mol. The van der Waals surface area contributed by atoms with Crippen LogP contribution in [0.3, 0.4) is 0 Å². The maximum atomic E-state index is 8.96. The molecule has 0 aliphatic heterocycles. The molecular formula is C14H14N4O. The van der Waals surface area contributed by atoms with Crippen LogP contribution in [-0.2, 0) is 0 Å². The number of anilines is 1. The Morgan fingerprint density at radius 3 is 2.53 bits per heavy atom. The third kappa shape index (κ3) is 2.99. The van der Waals surface area contributed by atoms with Gasteiger partial charge in [-0.05, 0) is 24.6 Å². The fourth-order valence-electron chi connectivity index (χ4n) is 1.71. The monoisotopic (exact) mass is 254 g/mol. The number of nitrogens with one attached hydrogen (secondary N) is 1. The summed E-state index contributed by atoms with van der Waals surface area (Å²) >= 11 is 0. The second kappa shape index (κ2) is 5.83. The first-order valence-corrected chi connectivity index (χ1v) is 5.86. The summed E-state index contributed by atoms with van der Waals surface area (Å²) in [6.45, 7) is 2.00. The Morgan fingerprint density at radius 1 is 1.21 bits per heavy atom. The van der Waals surface area contributed by atoms with Crippen molar-refractivity contribution >= 4 is 5.82 Å². The zero-order valence-electron chi connectivity index (χ0n) is 10.8. The molecule has 5 heteroatoms. The third-order valence-corrected chi connectivity index (χ3v) is 2.77. The van der Waals surface area contributed by atoms with E-state index in [-0.39, 0.29) is 6.04 Å². The molecule has 96 valence electrons. The molecule has 1 aromatic heterocycles. The largest absolute Gasteiger partial charge is 0.497 e. The number of hydrogen-bond donors (Lipinski definition) is 1. The van der Waals surface area contributed by atoms with Crippen LogP contribution >= 0.6 is 0 Å². The van der Waals surface area contributed by atoms with Gasteiger partial charge in [-0.3, -0.25) is 0 Å². The van der Waals surface area contributed by atoms with Gasteiger partial charge in [-0.15, -0.1) is 0 Å². The van der Waals surface area contributed by atoms with Gasteiger partial charge >= 0.3 is 0 Å². The Labute approximate surface area is 111 Å². The van der Waals surface area contributed by atoms with E-state index in [0.717, 1.165) is 11.3 Å². The standard InChI is InChI=1S/C14H14N4O/c1-10(11-3-5-12(19-2)6-4-11)18-14-13(9-15)16-7-8-17-14/h3-8,10H,1-2H3,(H,17,18). The van der Waals surface area contributed by atoms with Gasteiger partial charge in [0.1, 0.15) is 11.8 Å². The molecule has 0 radical (unpaired) electrons. The van der Waals surface area contributed by atoms with E-state index < -0.39 is 0 Å². The first-order valence-electron chi connectivity index (χ1n) is 5.86. The first-order chi connectivity index (χ1) is 9.24. The molecule has 1 aromatic carbocycles. The van der Waals surface area contributed by atoms with Crippen LogP contribution in [0.1, 0.15) is 24.2 Å². The van der Waals surface area contributed by atoms with Crippen molar-refractivity contribution in [3.8, 4) is 11.8 Å². The van der Waals surface area contributed by atoms with Gasteiger partial charge in [0.25, 0.3) is 0 Å². The molecule has 0 aliphatic rings. The van der Waals surface area contributed by atoms with Crippen molar-refractivity contribution in [3.05, 3.63) is 47.9 Å². The second-order valence-electron chi connectivity index (χ2n) is 4.00. The molecule has 1 atom stereocenters. The Hall–Kier alpha value is -2.61. The van der Waals surface area contributed by atoms with E-state index in [9.17, 15) is 0 Å². The average molecular weight is 254 g/mol. The van der Waals surface area contributed by atoms with Crippen molar-refractivity contribution in [2.75, 3.05) is 12.4 Å². The summed E-state index contributed by atoms with van der Waals surface area (Å²) in [4.78, 5) is 8.09. The number of methoxy groups -OCH3 is 1. The number of nitrogens with zero attached hydrogens (tertiary/aromatic N) is 3. The minimum absolute atomic E-state index is 0.0229. The fraction of sp³-hybridized carbons (Fsp3) is 0.214. The molecule has 0 aliphatic carbocycles. The van der Waals surface area contributed by atoms with Crippen LogP contribution in [0.5, 0.6) is 5.75 Å². The molecule has 5 nitrogen and oxygen atoms in total. The van der Waals surface area contributed by atoms with Crippen LogP contribution in [0.4, 0.5) is 5.82 Å². The molecule has 0 spiro atoms. The van der Waals surface area contributed by atoms with Crippen LogP contribution in [0, 0.1) is 11.3 Å². The van der Waals surface area contributed by atoms with Gasteiger partial charge in [0.05, 0.1) is 13.2 Å². The maximum absolute atomic E-state index is 8.96. The van der Waals surface area contributed by atoms with Crippen molar-refractivity contribution in [2.24, 2.45) is 0 Å². The van der Waals surface area contributed by atoms with E-state index >= 15 is 0 Å². The maximum Gasteiger partial charge on any atom is 0.182 e. The molecule has 1 heterocycles. The number of benzene rings is 1. The Bertz CT molecular complexity index is 589. The number of hydrogen-bond acceptors (Lipinski definition) is 5. The van der Waals surface area contributed by atoms with E-state index in [1.165, 1.54) is 6.20 Å². The van der Waals surface area contributed by atoms with Gasteiger partial charge in [-0.25, -0.2) is 9.97 Å². The molecule has 1 unspecified atom stereocenters. The lowest BCUT2D eigenvalue weighted by Crippen LogP contribution is -2.09. The molecule has 0 saturated heterocycles. The van der Waals surface area contributed by atoms with Crippen molar-refractivity contribution in [1.29, 1.82) is 5.26 Å². The molecule has 19 heavy (non-hydrogen) atoms. The number of aromatic nitrogens is 2. The highest BCUT2D eigenvalue weighted by atomic mass is 16.5. The normalized spacial score (nSPS) is 11.4. The molecule has 1 N–H and O–H groups in total. The van der Waals surface area contributed by atoms with E-state index in [1.807, 2.05) is 37.3 Å². The minimum Gasteiger partial charge on any atom is -0.497 e. The fourth-order valence-corrected chi connectivity index (χ4v) is 1.71. The van der Waals surface area contributed by atoms with Crippen LogP contribution in [-0.4, -0.2) is 17.1 Å². The smallest absolute Gasteiger partial charge is 0.182 e. The van der Waals surface area contributed by atoms with Gasteiger partial charge in [0, 0.05) is 12.4 Å². The number of nitriles is 1. The summed E-state index contributed by atoms with van der Waals surface area (Å²) in [5.41, 5.74) is 1.37. The zero-order valence-corrected chi connectivity index (χ0v) is 10.8. The average Bonchev–Trinajstić information content (AvgIpc) is 2.48. The lowest BCUT2D eigenvalue weighted by molar-refractivity contribution is 0.414. The Balaban J connectivity index is 2.16. The van der Waals surface area contributed by atoms with Crippen molar-refractivity contribution in [3.63, 3.8) is 0 Å². The van der Waals surface area contributed by atoms with Crippen LogP contribution in [0.2, 0.25) is 0 Å². The summed E-state index contributed by atoms with van der Waals surface area (Å²) in [5.74, 6) is 1.31. The highest BCUT2D eigenvalue weighted by molar-refractivity contribution is 5.48. The molecule has 0 saturated carbocycles. The van der Waals surface area contributed by atoms with E-state index in [1.54, 1.807) is 13.3 Å². The van der Waals surface area contributed by atoms with E-state index in [0.29, 0.717) is 11.5 Å². The summed E-state index contributed by atoms with van der Waals surface area (Å²) < 4.78 is 5.12. The van der Waals surface area contributed by atoms with Gasteiger partial charge in [0.15, 0.2) is 11.5 Å². The molecule has 0 bridgehead atoms. The highest BCUT2D eigenvalue weighted by Crippen LogP contribution is 2.21. The highest BCUT2D eigenvalue weighted by Gasteiger charge is 2.10. The van der Waals surface area contributed by atoms with Crippen molar-refractivity contribution in [2.45, 2.75) is 13.0 Å². The topological polar surface area (TPSA) is 70.8 Å². The predicted octanol–water partition coefficient (Wildman–Crippen LogP) is 2.53. The summed E-state index contributed by atoms with van der Waals surface area (Å²) in [5, 5.41) is 12.1. The predicted molar refractivity (Wildman–Crippen MR) is 71.8 cm³/mol. The number of ether oxygens (including phenoxy) is 1. The Kier molecular flexibility index (Phi) is 3.94. The summed E-state index contributed by atoms with van der Waals surface area (Å²) in [6.07, 6.45) is 3.06. The quantitative estimate of drug-likeness (QED) is 0.907. The molecule has 0 fully saturated rings. The lowest BCUT2D eigenvalue weighted by atomic mass is 10.1. The van der Waals surface area contributed by atoms with Gasteiger partial charge in [-0.1, -0.05) is 12.1 Å². The van der Waals surface area contributed by atoms with Crippen LogP contribution in [0.25, 0.3) is 0 Å². The van der Waals surface area contributed by atoms with E-state index in [4.69, 9.17) is 10.00 Å². The van der Waals surface area contributed by atoms with Crippen molar-refractivity contribution < 1.29 is 4.74 Å². The van der Waals surface area contributed by atoms with Gasteiger partial charge in [0.2, 0.25) is 0 Å². The van der Waals surface area contributed by atoms with Crippen molar-refractivity contribution in [1.82, 2.24) is 9.97 Å². The first kappa shape index (κ1) is 12.8. The zero-order chi connectivity index (χ0) is 13.7. The van der Waals surface area contributed by atoms with E-state index in [2.05, 4.69) is 15.3 Å². The van der Waals surface area contributed by atoms with Gasteiger partial charge in [-0.2, -0.15) is 5.26 Å². The number of rotatable bonds is 4.